The molecule has 1 aliphatic rings. The molecule has 0 fully saturated rings. The molecule has 0 radical (unpaired) electrons. The van der Waals surface area contributed by atoms with Gasteiger partial charge in [0.25, 0.3) is 0 Å². The molecule has 0 saturated heterocycles. The molecule has 3 heteroatoms. The van der Waals surface area contributed by atoms with Crippen molar-refractivity contribution in [2.45, 2.75) is 38.2 Å². The van der Waals surface area contributed by atoms with Gasteiger partial charge in [-0.2, -0.15) is 0 Å². The number of aliphatic hydroxyl groups excluding tert-OH is 1. The second-order valence-electron chi connectivity index (χ2n) is 3.96. The summed E-state index contributed by atoms with van der Waals surface area (Å²) in [5, 5.41) is 9.93. The number of rotatable bonds is 3. The standard InChI is InChI=1S/C12H16N2O/c15-12(11-9-13-6-7-14-11)8-10-4-2-1-3-5-10/h4,6-7,9,12,15H,1-3,5,8H2. The van der Waals surface area contributed by atoms with Crippen LogP contribution in [0.5, 0.6) is 0 Å². The van der Waals surface area contributed by atoms with E-state index in [2.05, 4.69) is 16.0 Å². The Hall–Kier alpha value is -1.22. The second kappa shape index (κ2) is 5.03. The molecule has 2 rings (SSSR count). The first-order chi connectivity index (χ1) is 7.36. The summed E-state index contributed by atoms with van der Waals surface area (Å²) in [6, 6.07) is 0. The molecule has 0 amide bonds. The summed E-state index contributed by atoms with van der Waals surface area (Å²) in [6.07, 6.45) is 12.1. The fourth-order valence-electron chi connectivity index (χ4n) is 1.93. The molecule has 1 N–H and O–H groups in total. The van der Waals surface area contributed by atoms with Crippen molar-refractivity contribution in [1.29, 1.82) is 0 Å². The Bertz CT molecular complexity index is 335. The molecule has 0 bridgehead atoms. The first-order valence-electron chi connectivity index (χ1n) is 5.48. The summed E-state index contributed by atoms with van der Waals surface area (Å²) in [4.78, 5) is 8.06. The van der Waals surface area contributed by atoms with Gasteiger partial charge in [-0.25, -0.2) is 0 Å². The van der Waals surface area contributed by atoms with E-state index in [-0.39, 0.29) is 0 Å². The Balaban J connectivity index is 1.97. The highest BCUT2D eigenvalue weighted by Crippen LogP contribution is 2.26. The predicted octanol–water partition coefficient (Wildman–Crippen LogP) is 2.40. The van der Waals surface area contributed by atoms with Crippen LogP contribution in [0, 0.1) is 0 Å². The van der Waals surface area contributed by atoms with Crippen LogP contribution in [0.25, 0.3) is 0 Å². The van der Waals surface area contributed by atoms with Crippen LogP contribution in [0.1, 0.15) is 43.9 Å². The van der Waals surface area contributed by atoms with Gasteiger partial charge in [-0.3, -0.25) is 9.97 Å². The summed E-state index contributed by atoms with van der Waals surface area (Å²) in [6.45, 7) is 0. The van der Waals surface area contributed by atoms with Crippen molar-refractivity contribution in [2.24, 2.45) is 0 Å². The van der Waals surface area contributed by atoms with Crippen LogP contribution in [-0.4, -0.2) is 15.1 Å². The predicted molar refractivity (Wildman–Crippen MR) is 58.2 cm³/mol. The zero-order valence-electron chi connectivity index (χ0n) is 8.76. The van der Waals surface area contributed by atoms with E-state index in [9.17, 15) is 5.11 Å². The van der Waals surface area contributed by atoms with E-state index in [4.69, 9.17) is 0 Å². The van der Waals surface area contributed by atoms with E-state index >= 15 is 0 Å². The molecule has 0 spiro atoms. The Kier molecular flexibility index (Phi) is 3.45. The largest absolute Gasteiger partial charge is 0.386 e. The van der Waals surface area contributed by atoms with Gasteiger partial charge in [0.15, 0.2) is 0 Å². The SMILES string of the molecule is OC(CC1=CCCCC1)c1cnccn1. The maximum Gasteiger partial charge on any atom is 0.101 e. The zero-order valence-corrected chi connectivity index (χ0v) is 8.76. The lowest BCUT2D eigenvalue weighted by Gasteiger charge is -2.15. The summed E-state index contributed by atoms with van der Waals surface area (Å²) in [7, 11) is 0. The van der Waals surface area contributed by atoms with Crippen molar-refractivity contribution in [2.75, 3.05) is 0 Å². The molecule has 1 aromatic heterocycles. The fraction of sp³-hybridized carbons (Fsp3) is 0.500. The molecule has 15 heavy (non-hydrogen) atoms. The van der Waals surface area contributed by atoms with Crippen molar-refractivity contribution >= 4 is 0 Å². The van der Waals surface area contributed by atoms with Crippen molar-refractivity contribution in [3.05, 3.63) is 35.9 Å². The van der Waals surface area contributed by atoms with E-state index in [0.29, 0.717) is 12.1 Å². The van der Waals surface area contributed by atoms with Crippen molar-refractivity contribution in [3.63, 3.8) is 0 Å². The van der Waals surface area contributed by atoms with Gasteiger partial charge in [0.1, 0.15) is 6.10 Å². The molecule has 1 atom stereocenters. The number of hydrogen-bond donors (Lipinski definition) is 1. The molecule has 0 aliphatic heterocycles. The average molecular weight is 204 g/mol. The third-order valence-electron chi connectivity index (χ3n) is 2.77. The lowest BCUT2D eigenvalue weighted by Crippen LogP contribution is -2.04. The number of aliphatic hydroxyl groups is 1. The second-order valence-corrected chi connectivity index (χ2v) is 3.96. The molecule has 1 aromatic rings. The highest BCUT2D eigenvalue weighted by atomic mass is 16.3. The molecule has 80 valence electrons. The van der Waals surface area contributed by atoms with Gasteiger partial charge in [0, 0.05) is 18.8 Å². The van der Waals surface area contributed by atoms with E-state index in [1.54, 1.807) is 18.6 Å². The fourth-order valence-corrected chi connectivity index (χ4v) is 1.93. The number of hydrogen-bond acceptors (Lipinski definition) is 3. The maximum absolute atomic E-state index is 9.93. The first-order valence-corrected chi connectivity index (χ1v) is 5.48. The van der Waals surface area contributed by atoms with Gasteiger partial charge < -0.3 is 5.11 Å². The van der Waals surface area contributed by atoms with Gasteiger partial charge in [-0.05, 0) is 25.7 Å². The lowest BCUT2D eigenvalue weighted by atomic mass is 9.94. The van der Waals surface area contributed by atoms with Crippen LogP contribution in [0.15, 0.2) is 30.2 Å². The van der Waals surface area contributed by atoms with Crippen LogP contribution in [0.4, 0.5) is 0 Å². The average Bonchev–Trinajstić information content (AvgIpc) is 2.31. The van der Waals surface area contributed by atoms with Gasteiger partial charge in [0.05, 0.1) is 11.9 Å². The number of allylic oxidation sites excluding steroid dienone is 1. The summed E-state index contributed by atoms with van der Waals surface area (Å²) in [5.74, 6) is 0. The minimum absolute atomic E-state index is 0.497. The molecule has 1 aliphatic carbocycles. The Labute approximate surface area is 89.9 Å². The van der Waals surface area contributed by atoms with Crippen LogP contribution in [0.2, 0.25) is 0 Å². The van der Waals surface area contributed by atoms with Gasteiger partial charge >= 0.3 is 0 Å². The van der Waals surface area contributed by atoms with E-state index in [0.717, 1.165) is 12.8 Å². The first kappa shape index (κ1) is 10.3. The molecule has 1 unspecified atom stereocenters. The van der Waals surface area contributed by atoms with Crippen molar-refractivity contribution in [1.82, 2.24) is 9.97 Å². The minimum Gasteiger partial charge on any atom is -0.386 e. The van der Waals surface area contributed by atoms with Gasteiger partial charge in [0.2, 0.25) is 0 Å². The zero-order chi connectivity index (χ0) is 10.5. The summed E-state index contributed by atoms with van der Waals surface area (Å²) < 4.78 is 0. The maximum atomic E-state index is 9.93. The normalized spacial score (nSPS) is 18.3. The Morgan fingerprint density at radius 3 is 2.93 bits per heavy atom. The molecular weight excluding hydrogens is 188 g/mol. The third-order valence-corrected chi connectivity index (χ3v) is 2.77. The lowest BCUT2D eigenvalue weighted by molar-refractivity contribution is 0.171. The molecule has 1 heterocycles. The highest BCUT2D eigenvalue weighted by molar-refractivity contribution is 5.10. The minimum atomic E-state index is -0.497. The van der Waals surface area contributed by atoms with Gasteiger partial charge in [-0.15, -0.1) is 0 Å². The van der Waals surface area contributed by atoms with Crippen molar-refractivity contribution in [3.8, 4) is 0 Å². The summed E-state index contributed by atoms with van der Waals surface area (Å²) in [5.41, 5.74) is 2.03. The topological polar surface area (TPSA) is 46.0 Å². The van der Waals surface area contributed by atoms with Crippen LogP contribution in [0.3, 0.4) is 0 Å². The van der Waals surface area contributed by atoms with E-state index < -0.39 is 6.10 Å². The third kappa shape index (κ3) is 2.86. The number of nitrogens with zero attached hydrogens (tertiary/aromatic N) is 2. The monoisotopic (exact) mass is 204 g/mol. The van der Waals surface area contributed by atoms with Crippen LogP contribution < -0.4 is 0 Å². The Morgan fingerprint density at radius 2 is 2.27 bits per heavy atom. The Morgan fingerprint density at radius 1 is 1.33 bits per heavy atom. The van der Waals surface area contributed by atoms with Gasteiger partial charge in [-0.1, -0.05) is 11.6 Å². The molecule has 0 saturated carbocycles. The van der Waals surface area contributed by atoms with Crippen LogP contribution >= 0.6 is 0 Å². The smallest absolute Gasteiger partial charge is 0.101 e. The number of aromatic nitrogens is 2. The van der Waals surface area contributed by atoms with Crippen LogP contribution in [-0.2, 0) is 0 Å². The van der Waals surface area contributed by atoms with E-state index in [1.807, 2.05) is 0 Å². The quantitative estimate of drug-likeness (QED) is 0.769. The molecule has 3 nitrogen and oxygen atoms in total. The highest BCUT2D eigenvalue weighted by Gasteiger charge is 2.12. The molecular formula is C12H16N2O. The molecule has 0 aromatic carbocycles. The van der Waals surface area contributed by atoms with E-state index in [1.165, 1.54) is 18.4 Å². The van der Waals surface area contributed by atoms with Crippen molar-refractivity contribution < 1.29 is 5.11 Å². The summed E-state index contributed by atoms with van der Waals surface area (Å²) >= 11 is 0.